The summed E-state index contributed by atoms with van der Waals surface area (Å²) in [7, 11) is 1.62. The van der Waals surface area contributed by atoms with Crippen molar-refractivity contribution in [3.8, 4) is 11.5 Å². The molecule has 2 aromatic rings. The minimum absolute atomic E-state index is 0.191. The number of anilines is 1. The van der Waals surface area contributed by atoms with Crippen LogP contribution >= 0.6 is 15.9 Å². The maximum absolute atomic E-state index is 12.1. The molecular weight excluding hydrogens is 406 g/mol. The molecule has 0 radical (unpaired) electrons. The first kappa shape index (κ1) is 21.0. The van der Waals surface area contributed by atoms with E-state index in [9.17, 15) is 4.79 Å². The van der Waals surface area contributed by atoms with Crippen LogP contribution in [0.2, 0.25) is 0 Å². The molecule has 1 amide bonds. The standard InChI is InChI=1S/C22H26BrNO3/c1-3-4-5-6-14-27-20-12-10-17(15-21(20)26-2)11-13-22(25)24-19-9-7-8-18(23)16-19/h7-13,15-16H,3-6,14H2,1-2H3,(H,24,25). The quantitative estimate of drug-likeness (QED) is 0.366. The first-order valence-electron chi connectivity index (χ1n) is 9.18. The molecule has 0 saturated heterocycles. The van der Waals surface area contributed by atoms with Gasteiger partial charge in [0.05, 0.1) is 13.7 Å². The van der Waals surface area contributed by atoms with E-state index in [2.05, 4.69) is 28.2 Å². The summed E-state index contributed by atoms with van der Waals surface area (Å²) >= 11 is 3.39. The van der Waals surface area contributed by atoms with E-state index in [1.165, 1.54) is 25.3 Å². The molecule has 0 aliphatic carbocycles. The lowest BCUT2D eigenvalue weighted by atomic mass is 10.2. The third-order valence-electron chi connectivity index (χ3n) is 3.96. The minimum Gasteiger partial charge on any atom is -0.493 e. The molecule has 0 aromatic heterocycles. The number of nitrogens with one attached hydrogen (secondary N) is 1. The van der Waals surface area contributed by atoms with Crippen molar-refractivity contribution < 1.29 is 14.3 Å². The Hall–Kier alpha value is -2.27. The van der Waals surface area contributed by atoms with E-state index >= 15 is 0 Å². The number of ether oxygens (including phenoxy) is 2. The molecule has 0 fully saturated rings. The molecule has 2 rings (SSSR count). The summed E-state index contributed by atoms with van der Waals surface area (Å²) in [5.74, 6) is 1.20. The van der Waals surface area contributed by atoms with Crippen LogP contribution in [0, 0.1) is 0 Å². The summed E-state index contributed by atoms with van der Waals surface area (Å²) in [6.45, 7) is 2.87. The molecule has 0 saturated carbocycles. The lowest BCUT2D eigenvalue weighted by Crippen LogP contribution is -2.07. The fourth-order valence-corrected chi connectivity index (χ4v) is 2.94. The van der Waals surface area contributed by atoms with E-state index in [-0.39, 0.29) is 5.91 Å². The Labute approximate surface area is 169 Å². The normalized spacial score (nSPS) is 10.8. The van der Waals surface area contributed by atoms with Gasteiger partial charge in [0, 0.05) is 16.2 Å². The summed E-state index contributed by atoms with van der Waals surface area (Å²) in [6.07, 6.45) is 7.90. The van der Waals surface area contributed by atoms with Crippen LogP contribution < -0.4 is 14.8 Å². The number of carbonyl (C=O) groups is 1. The first-order chi connectivity index (χ1) is 13.1. The SMILES string of the molecule is CCCCCCOc1ccc(C=CC(=O)Nc2cccc(Br)c2)cc1OC. The molecule has 144 valence electrons. The fourth-order valence-electron chi connectivity index (χ4n) is 2.54. The number of hydrogen-bond acceptors (Lipinski definition) is 3. The summed E-state index contributed by atoms with van der Waals surface area (Å²) < 4.78 is 12.1. The first-order valence-corrected chi connectivity index (χ1v) is 9.97. The van der Waals surface area contributed by atoms with Gasteiger partial charge in [-0.25, -0.2) is 0 Å². The number of carbonyl (C=O) groups excluding carboxylic acids is 1. The fraction of sp³-hybridized carbons (Fsp3) is 0.318. The van der Waals surface area contributed by atoms with Gasteiger partial charge in [-0.15, -0.1) is 0 Å². The highest BCUT2D eigenvalue weighted by molar-refractivity contribution is 9.10. The number of benzene rings is 2. The molecule has 0 spiro atoms. The monoisotopic (exact) mass is 431 g/mol. The Bertz CT molecular complexity index is 774. The van der Waals surface area contributed by atoms with Crippen molar-refractivity contribution in [2.75, 3.05) is 19.0 Å². The second kappa shape index (κ2) is 11.4. The van der Waals surface area contributed by atoms with E-state index in [0.29, 0.717) is 12.4 Å². The largest absolute Gasteiger partial charge is 0.493 e. The maximum Gasteiger partial charge on any atom is 0.248 e. The zero-order chi connectivity index (χ0) is 19.5. The topological polar surface area (TPSA) is 47.6 Å². The van der Waals surface area contributed by atoms with E-state index in [1.807, 2.05) is 42.5 Å². The molecule has 1 N–H and O–H groups in total. The molecule has 0 bridgehead atoms. The molecule has 4 nitrogen and oxygen atoms in total. The van der Waals surface area contributed by atoms with Gasteiger partial charge in [-0.1, -0.05) is 54.2 Å². The van der Waals surface area contributed by atoms with Gasteiger partial charge < -0.3 is 14.8 Å². The second-order valence-electron chi connectivity index (χ2n) is 6.15. The lowest BCUT2D eigenvalue weighted by molar-refractivity contribution is -0.111. The van der Waals surface area contributed by atoms with Gasteiger partial charge in [0.15, 0.2) is 11.5 Å². The number of methoxy groups -OCH3 is 1. The number of rotatable bonds is 10. The molecule has 5 heteroatoms. The Morgan fingerprint density at radius 1 is 1.11 bits per heavy atom. The van der Waals surface area contributed by atoms with Crippen molar-refractivity contribution in [2.45, 2.75) is 32.6 Å². The van der Waals surface area contributed by atoms with E-state index < -0.39 is 0 Å². The van der Waals surface area contributed by atoms with Crippen LogP contribution in [0.3, 0.4) is 0 Å². The van der Waals surface area contributed by atoms with Crippen LogP contribution in [0.15, 0.2) is 53.0 Å². The number of unbranched alkanes of at least 4 members (excludes halogenated alkanes) is 3. The molecular formula is C22H26BrNO3. The molecule has 27 heavy (non-hydrogen) atoms. The van der Waals surface area contributed by atoms with Crippen molar-refractivity contribution in [2.24, 2.45) is 0 Å². The maximum atomic E-state index is 12.1. The van der Waals surface area contributed by atoms with Crippen LogP contribution in [-0.2, 0) is 4.79 Å². The summed E-state index contributed by atoms with van der Waals surface area (Å²) in [6, 6.07) is 13.1. The molecule has 2 aromatic carbocycles. The number of hydrogen-bond donors (Lipinski definition) is 1. The summed E-state index contributed by atoms with van der Waals surface area (Å²) in [4.78, 5) is 12.1. The van der Waals surface area contributed by atoms with Crippen LogP contribution in [0.25, 0.3) is 6.08 Å². The van der Waals surface area contributed by atoms with Gasteiger partial charge in [-0.3, -0.25) is 4.79 Å². The van der Waals surface area contributed by atoms with Crippen LogP contribution in [0.4, 0.5) is 5.69 Å². The van der Waals surface area contributed by atoms with Crippen LogP contribution in [0.1, 0.15) is 38.2 Å². The van der Waals surface area contributed by atoms with Gasteiger partial charge in [-0.2, -0.15) is 0 Å². The average Bonchev–Trinajstić information content (AvgIpc) is 2.66. The molecule has 0 aliphatic rings. The van der Waals surface area contributed by atoms with Crippen molar-refractivity contribution in [1.29, 1.82) is 0 Å². The van der Waals surface area contributed by atoms with Crippen molar-refractivity contribution >= 4 is 33.6 Å². The minimum atomic E-state index is -0.191. The zero-order valence-electron chi connectivity index (χ0n) is 15.8. The van der Waals surface area contributed by atoms with E-state index in [4.69, 9.17) is 9.47 Å². The Morgan fingerprint density at radius 3 is 2.70 bits per heavy atom. The Balaban J connectivity index is 1.93. The molecule has 0 aliphatic heterocycles. The molecule has 0 unspecified atom stereocenters. The highest BCUT2D eigenvalue weighted by Gasteiger charge is 2.05. The van der Waals surface area contributed by atoms with E-state index in [1.54, 1.807) is 13.2 Å². The number of amides is 1. The van der Waals surface area contributed by atoms with Gasteiger partial charge in [-0.05, 0) is 48.4 Å². The third-order valence-corrected chi connectivity index (χ3v) is 4.46. The second-order valence-corrected chi connectivity index (χ2v) is 7.07. The number of halogens is 1. The Kier molecular flexibility index (Phi) is 8.92. The predicted octanol–water partition coefficient (Wildman–Crippen LogP) is 6.07. The van der Waals surface area contributed by atoms with Crippen LogP contribution in [0.5, 0.6) is 11.5 Å². The smallest absolute Gasteiger partial charge is 0.248 e. The highest BCUT2D eigenvalue weighted by Crippen LogP contribution is 2.29. The average molecular weight is 432 g/mol. The van der Waals surface area contributed by atoms with Gasteiger partial charge in [0.2, 0.25) is 5.91 Å². The van der Waals surface area contributed by atoms with Gasteiger partial charge >= 0.3 is 0 Å². The third kappa shape index (κ3) is 7.47. The predicted molar refractivity (Wildman–Crippen MR) is 114 cm³/mol. The summed E-state index contributed by atoms with van der Waals surface area (Å²) in [5, 5.41) is 2.83. The van der Waals surface area contributed by atoms with Crippen molar-refractivity contribution in [3.63, 3.8) is 0 Å². The summed E-state index contributed by atoms with van der Waals surface area (Å²) in [5.41, 5.74) is 1.61. The van der Waals surface area contributed by atoms with Crippen molar-refractivity contribution in [3.05, 3.63) is 58.6 Å². The zero-order valence-corrected chi connectivity index (χ0v) is 17.4. The van der Waals surface area contributed by atoms with Crippen LogP contribution in [-0.4, -0.2) is 19.6 Å². The van der Waals surface area contributed by atoms with E-state index in [0.717, 1.165) is 27.9 Å². The highest BCUT2D eigenvalue weighted by atomic mass is 79.9. The Morgan fingerprint density at radius 2 is 1.96 bits per heavy atom. The van der Waals surface area contributed by atoms with Crippen molar-refractivity contribution in [1.82, 2.24) is 0 Å². The molecule has 0 heterocycles. The lowest BCUT2D eigenvalue weighted by Gasteiger charge is -2.11. The molecule has 0 atom stereocenters. The van der Waals surface area contributed by atoms with Gasteiger partial charge in [0.1, 0.15) is 0 Å². The van der Waals surface area contributed by atoms with Gasteiger partial charge in [0.25, 0.3) is 0 Å².